The number of alkyl halides is 3. The Morgan fingerprint density at radius 3 is 2.29 bits per heavy atom. The molecule has 4 rings (SSSR count). The summed E-state index contributed by atoms with van der Waals surface area (Å²) >= 11 is 0. The summed E-state index contributed by atoms with van der Waals surface area (Å²) < 4.78 is 67.7. The first-order chi connectivity index (χ1) is 14.6. The van der Waals surface area contributed by atoms with Gasteiger partial charge in [0.1, 0.15) is 11.6 Å². The fraction of sp³-hybridized carbons (Fsp3) is 0.0476. The molecule has 158 valence electrons. The van der Waals surface area contributed by atoms with Gasteiger partial charge in [-0.25, -0.2) is 22.8 Å². The molecule has 1 heterocycles. The molecule has 0 amide bonds. The monoisotopic (exact) mass is 433 g/mol. The van der Waals surface area contributed by atoms with E-state index in [9.17, 15) is 31.5 Å². The topological polar surface area (TPSA) is 70.0 Å². The minimum atomic E-state index is -4.69. The van der Waals surface area contributed by atoms with E-state index in [0.717, 1.165) is 24.3 Å². The van der Waals surface area contributed by atoms with E-state index in [1.165, 1.54) is 24.3 Å². The van der Waals surface area contributed by atoms with E-state index in [1.807, 2.05) is 0 Å². The first kappa shape index (κ1) is 20.3. The van der Waals surface area contributed by atoms with Gasteiger partial charge in [0.2, 0.25) is 0 Å². The Balaban J connectivity index is 2.00. The van der Waals surface area contributed by atoms with Gasteiger partial charge in [-0.1, -0.05) is 12.1 Å². The van der Waals surface area contributed by atoms with Crippen LogP contribution >= 0.6 is 0 Å². The lowest BCUT2D eigenvalue weighted by Crippen LogP contribution is -2.42. The zero-order valence-electron chi connectivity index (χ0n) is 15.5. The van der Waals surface area contributed by atoms with E-state index in [-0.39, 0.29) is 27.7 Å². The predicted octanol–water partition coefficient (Wildman–Crippen LogP) is 3.83. The Bertz CT molecular complexity index is 1450. The average Bonchev–Trinajstić information content (AvgIpc) is 2.72. The summed E-state index contributed by atoms with van der Waals surface area (Å²) in [6.07, 6.45) is -4.69. The van der Waals surface area contributed by atoms with Crippen molar-refractivity contribution >= 4 is 10.9 Å². The van der Waals surface area contributed by atoms with Gasteiger partial charge >= 0.3 is 11.9 Å². The minimum absolute atomic E-state index is 0.00973. The maximum atomic E-state index is 14.2. The smallest absolute Gasteiger partial charge is 0.335 e. The van der Waals surface area contributed by atoms with Crippen molar-refractivity contribution in [2.45, 2.75) is 6.18 Å². The second-order valence-electron chi connectivity index (χ2n) is 6.70. The van der Waals surface area contributed by atoms with Gasteiger partial charge in [0.25, 0.3) is 5.56 Å². The number of benzene rings is 3. The van der Waals surface area contributed by atoms with Crippen LogP contribution in [0.25, 0.3) is 27.7 Å². The molecule has 31 heavy (non-hydrogen) atoms. The Labute approximate surface area is 170 Å². The Morgan fingerprint density at radius 1 is 0.871 bits per heavy atom. The highest BCUT2D eigenvalue weighted by molar-refractivity contribution is 5.84. The zero-order valence-corrected chi connectivity index (χ0v) is 15.5. The van der Waals surface area contributed by atoms with Crippen molar-refractivity contribution in [1.82, 2.24) is 9.24 Å². The maximum Gasteiger partial charge on any atom is 0.416 e. The quantitative estimate of drug-likeness (QED) is 0.386. The summed E-state index contributed by atoms with van der Waals surface area (Å²) in [5.41, 5.74) is -3.21. The molecule has 0 radical (unpaired) electrons. The molecule has 5 nitrogen and oxygen atoms in total. The van der Waals surface area contributed by atoms with Crippen molar-refractivity contribution in [1.29, 1.82) is 0 Å². The van der Waals surface area contributed by atoms with Crippen molar-refractivity contribution in [3.8, 4) is 16.8 Å². The van der Waals surface area contributed by atoms with Crippen LogP contribution in [0.4, 0.5) is 22.0 Å². The molecule has 3 aromatic carbocycles. The molecular formula is C21H12F5N3O2. The van der Waals surface area contributed by atoms with Crippen LogP contribution in [-0.2, 0) is 6.18 Å². The Morgan fingerprint density at radius 2 is 1.61 bits per heavy atom. The largest absolute Gasteiger partial charge is 0.416 e. The lowest BCUT2D eigenvalue weighted by Gasteiger charge is -2.13. The zero-order chi connectivity index (χ0) is 22.5. The fourth-order valence-electron chi connectivity index (χ4n) is 3.28. The molecule has 0 saturated carbocycles. The molecule has 10 heteroatoms. The van der Waals surface area contributed by atoms with E-state index in [4.69, 9.17) is 5.84 Å². The van der Waals surface area contributed by atoms with Gasteiger partial charge < -0.3 is 5.84 Å². The third kappa shape index (κ3) is 3.45. The SMILES string of the molecule is Nn1c(=O)n(-c2cccc(C(F)(F)F)c2)c(=O)c2cc(-c3ccc(F)cc3F)ccc21. The second kappa shape index (κ2) is 7.08. The summed E-state index contributed by atoms with van der Waals surface area (Å²) in [5, 5.41) is -0.138. The van der Waals surface area contributed by atoms with Crippen LogP contribution in [0, 0.1) is 11.6 Å². The van der Waals surface area contributed by atoms with E-state index < -0.39 is 34.6 Å². The first-order valence-corrected chi connectivity index (χ1v) is 8.78. The number of hydrogen-bond acceptors (Lipinski definition) is 3. The minimum Gasteiger partial charge on any atom is -0.335 e. The first-order valence-electron chi connectivity index (χ1n) is 8.78. The van der Waals surface area contributed by atoms with Crippen LogP contribution < -0.4 is 17.1 Å². The molecule has 0 fully saturated rings. The van der Waals surface area contributed by atoms with Gasteiger partial charge in [0.05, 0.1) is 22.2 Å². The molecule has 1 aromatic heterocycles. The van der Waals surface area contributed by atoms with Crippen molar-refractivity contribution in [2.24, 2.45) is 0 Å². The number of aromatic nitrogens is 2. The molecule has 0 aliphatic heterocycles. The standard InChI is InChI=1S/C21H12F5N3O2/c22-13-5-6-15(17(23)10-13)11-4-7-18-16(8-11)19(30)28(20(31)29(18)27)14-3-1-2-12(9-14)21(24,25)26/h1-10H,27H2. The van der Waals surface area contributed by atoms with E-state index in [0.29, 0.717) is 21.4 Å². The van der Waals surface area contributed by atoms with E-state index in [1.54, 1.807) is 0 Å². The molecule has 0 unspecified atom stereocenters. The Kier molecular flexibility index (Phi) is 4.64. The van der Waals surface area contributed by atoms with Crippen LogP contribution in [0.2, 0.25) is 0 Å². The molecule has 2 N–H and O–H groups in total. The molecule has 0 aliphatic carbocycles. The number of nitrogens with zero attached hydrogens (tertiary/aromatic N) is 2. The highest BCUT2D eigenvalue weighted by atomic mass is 19.4. The molecular weight excluding hydrogens is 421 g/mol. The summed E-state index contributed by atoms with van der Waals surface area (Å²) in [6, 6.07) is 10.5. The lowest BCUT2D eigenvalue weighted by atomic mass is 10.0. The highest BCUT2D eigenvalue weighted by Crippen LogP contribution is 2.30. The predicted molar refractivity (Wildman–Crippen MR) is 104 cm³/mol. The van der Waals surface area contributed by atoms with Crippen LogP contribution in [0.3, 0.4) is 0 Å². The van der Waals surface area contributed by atoms with Crippen LogP contribution in [0.1, 0.15) is 5.56 Å². The summed E-state index contributed by atoms with van der Waals surface area (Å²) in [4.78, 5) is 25.7. The number of hydrogen-bond donors (Lipinski definition) is 1. The number of halogens is 5. The lowest BCUT2D eigenvalue weighted by molar-refractivity contribution is -0.137. The summed E-state index contributed by atoms with van der Waals surface area (Å²) in [5.74, 6) is 4.12. The van der Waals surface area contributed by atoms with Crippen LogP contribution in [0.15, 0.2) is 70.3 Å². The number of nitrogen functional groups attached to an aromatic ring is 1. The number of fused-ring (bicyclic) bond motifs is 1. The van der Waals surface area contributed by atoms with Crippen LogP contribution in [-0.4, -0.2) is 9.24 Å². The molecule has 0 spiro atoms. The van der Waals surface area contributed by atoms with Gasteiger partial charge in [-0.15, -0.1) is 0 Å². The highest BCUT2D eigenvalue weighted by Gasteiger charge is 2.31. The van der Waals surface area contributed by atoms with E-state index in [2.05, 4.69) is 0 Å². The second-order valence-corrected chi connectivity index (χ2v) is 6.70. The van der Waals surface area contributed by atoms with Gasteiger partial charge in [-0.3, -0.25) is 4.79 Å². The summed E-state index contributed by atoms with van der Waals surface area (Å²) in [7, 11) is 0. The van der Waals surface area contributed by atoms with Crippen LogP contribution in [0.5, 0.6) is 0 Å². The molecule has 0 aliphatic rings. The van der Waals surface area contributed by atoms with Gasteiger partial charge in [0, 0.05) is 11.6 Å². The van der Waals surface area contributed by atoms with Crippen molar-refractivity contribution < 1.29 is 22.0 Å². The average molecular weight is 433 g/mol. The molecule has 0 bridgehead atoms. The summed E-state index contributed by atoms with van der Waals surface area (Å²) in [6.45, 7) is 0. The van der Waals surface area contributed by atoms with Crippen molar-refractivity contribution in [2.75, 3.05) is 5.84 Å². The molecule has 0 saturated heterocycles. The van der Waals surface area contributed by atoms with Gasteiger partial charge in [0.15, 0.2) is 0 Å². The third-order valence-corrected chi connectivity index (χ3v) is 4.76. The molecule has 4 aromatic rings. The number of nitrogens with two attached hydrogens (primary N) is 1. The van der Waals surface area contributed by atoms with Gasteiger partial charge in [-0.2, -0.15) is 13.2 Å². The maximum absolute atomic E-state index is 14.2. The third-order valence-electron chi connectivity index (χ3n) is 4.76. The van der Waals surface area contributed by atoms with Crippen molar-refractivity contribution in [3.05, 3.63) is 98.7 Å². The van der Waals surface area contributed by atoms with Gasteiger partial charge in [-0.05, 0) is 48.0 Å². The number of rotatable bonds is 2. The normalized spacial score (nSPS) is 11.8. The van der Waals surface area contributed by atoms with Crippen molar-refractivity contribution in [3.63, 3.8) is 0 Å². The Hall–Kier alpha value is -3.95. The fourth-order valence-corrected chi connectivity index (χ4v) is 3.28. The van der Waals surface area contributed by atoms with E-state index >= 15 is 0 Å². The molecule has 0 atom stereocenters.